The molecule has 0 spiro atoms. The highest BCUT2D eigenvalue weighted by Gasteiger charge is 2.24. The smallest absolute Gasteiger partial charge is 0.140 e. The summed E-state index contributed by atoms with van der Waals surface area (Å²) in [5.41, 5.74) is 7.84. The number of nitrogens with zero attached hydrogens (tertiary/aromatic N) is 1. The highest BCUT2D eigenvalue weighted by molar-refractivity contribution is 5.25. The van der Waals surface area contributed by atoms with Crippen LogP contribution in [0.1, 0.15) is 23.4 Å². The average molecular weight is 196 g/mol. The molecule has 1 atom stereocenters. The van der Waals surface area contributed by atoms with Gasteiger partial charge in [0.15, 0.2) is 0 Å². The molecule has 0 bridgehead atoms. The van der Waals surface area contributed by atoms with E-state index in [2.05, 4.69) is 5.16 Å². The van der Waals surface area contributed by atoms with Gasteiger partial charge in [-0.3, -0.25) is 0 Å². The van der Waals surface area contributed by atoms with Crippen molar-refractivity contribution in [1.82, 2.24) is 5.16 Å². The van der Waals surface area contributed by atoms with Crippen LogP contribution in [-0.2, 0) is 24.2 Å². The third kappa shape index (κ3) is 1.67. The lowest BCUT2D eigenvalue weighted by molar-refractivity contribution is 0.176. The van der Waals surface area contributed by atoms with E-state index in [9.17, 15) is 0 Å². The van der Waals surface area contributed by atoms with E-state index in [-0.39, 0.29) is 0 Å². The van der Waals surface area contributed by atoms with E-state index in [0.29, 0.717) is 12.5 Å². The summed E-state index contributed by atoms with van der Waals surface area (Å²) >= 11 is 0. The molecule has 78 valence electrons. The second kappa shape index (κ2) is 4.11. The summed E-state index contributed by atoms with van der Waals surface area (Å²) < 4.78 is 10.3. The summed E-state index contributed by atoms with van der Waals surface area (Å²) in [5.74, 6) is 1.57. The molecular weight excluding hydrogens is 180 g/mol. The third-order valence-electron chi connectivity index (χ3n) is 2.84. The van der Waals surface area contributed by atoms with Gasteiger partial charge < -0.3 is 15.0 Å². The molecular formula is C10H16N2O2. The van der Waals surface area contributed by atoms with Gasteiger partial charge in [0, 0.05) is 19.1 Å². The van der Waals surface area contributed by atoms with E-state index in [1.165, 1.54) is 5.56 Å². The van der Waals surface area contributed by atoms with Crippen LogP contribution in [0.3, 0.4) is 0 Å². The molecule has 2 rings (SSSR count). The molecule has 1 heterocycles. The first-order valence-corrected chi connectivity index (χ1v) is 5.00. The number of ether oxygens (including phenoxy) is 1. The van der Waals surface area contributed by atoms with Crippen molar-refractivity contribution < 1.29 is 9.26 Å². The largest absolute Gasteiger partial charge is 0.378 e. The van der Waals surface area contributed by atoms with E-state index in [4.69, 9.17) is 15.0 Å². The van der Waals surface area contributed by atoms with E-state index in [1.54, 1.807) is 7.11 Å². The van der Waals surface area contributed by atoms with Gasteiger partial charge >= 0.3 is 0 Å². The van der Waals surface area contributed by atoms with E-state index in [0.717, 1.165) is 37.3 Å². The van der Waals surface area contributed by atoms with Gasteiger partial charge in [-0.2, -0.15) is 0 Å². The molecule has 0 radical (unpaired) electrons. The Morgan fingerprint density at radius 1 is 1.64 bits per heavy atom. The zero-order valence-corrected chi connectivity index (χ0v) is 8.45. The molecule has 0 aliphatic heterocycles. The van der Waals surface area contributed by atoms with Gasteiger partial charge in [0.25, 0.3) is 0 Å². The zero-order valence-electron chi connectivity index (χ0n) is 8.45. The normalized spacial score (nSPS) is 20.9. The Kier molecular flexibility index (Phi) is 2.84. The number of rotatable bonds is 3. The average Bonchev–Trinajstić information content (AvgIpc) is 2.61. The quantitative estimate of drug-likeness (QED) is 0.779. The molecule has 1 aromatic rings. The van der Waals surface area contributed by atoms with Gasteiger partial charge in [-0.1, -0.05) is 5.16 Å². The molecule has 1 aliphatic carbocycles. The molecule has 0 amide bonds. The molecule has 0 fully saturated rings. The highest BCUT2D eigenvalue weighted by Crippen LogP contribution is 2.27. The van der Waals surface area contributed by atoms with E-state index >= 15 is 0 Å². The van der Waals surface area contributed by atoms with Crippen molar-refractivity contribution in [3.8, 4) is 0 Å². The predicted molar refractivity (Wildman–Crippen MR) is 51.8 cm³/mol. The number of methoxy groups -OCH3 is 1. The molecule has 4 heteroatoms. The number of hydrogen-bond acceptors (Lipinski definition) is 4. The first-order chi connectivity index (χ1) is 6.85. The van der Waals surface area contributed by atoms with Crippen molar-refractivity contribution in [2.75, 3.05) is 13.7 Å². The van der Waals surface area contributed by atoms with Crippen LogP contribution in [0.2, 0.25) is 0 Å². The lowest BCUT2D eigenvalue weighted by atomic mass is 9.87. The lowest BCUT2D eigenvalue weighted by Gasteiger charge is -2.18. The summed E-state index contributed by atoms with van der Waals surface area (Å²) in [6.45, 7) is 1.28. The van der Waals surface area contributed by atoms with Crippen LogP contribution in [0, 0.1) is 5.92 Å². The zero-order chi connectivity index (χ0) is 9.97. The summed E-state index contributed by atoms with van der Waals surface area (Å²) in [5, 5.41) is 4.02. The Morgan fingerprint density at radius 2 is 2.50 bits per heavy atom. The van der Waals surface area contributed by atoms with Crippen molar-refractivity contribution in [1.29, 1.82) is 0 Å². The predicted octanol–water partition coefficient (Wildman–Crippen LogP) is 0.885. The molecule has 1 aromatic heterocycles. The van der Waals surface area contributed by atoms with Gasteiger partial charge in [-0.25, -0.2) is 0 Å². The minimum Gasteiger partial charge on any atom is -0.378 e. The van der Waals surface area contributed by atoms with Crippen molar-refractivity contribution in [3.63, 3.8) is 0 Å². The topological polar surface area (TPSA) is 61.3 Å². The first-order valence-electron chi connectivity index (χ1n) is 5.00. The Labute approximate surface area is 83.4 Å². The van der Waals surface area contributed by atoms with E-state index in [1.807, 2.05) is 0 Å². The highest BCUT2D eigenvalue weighted by atomic mass is 16.5. The van der Waals surface area contributed by atoms with Crippen LogP contribution in [0.25, 0.3) is 0 Å². The van der Waals surface area contributed by atoms with Crippen molar-refractivity contribution >= 4 is 0 Å². The Balaban J connectivity index is 2.16. The fourth-order valence-corrected chi connectivity index (χ4v) is 1.99. The Bertz CT molecular complexity index is 309. The summed E-state index contributed by atoms with van der Waals surface area (Å²) in [6.07, 6.45) is 3.10. The Morgan fingerprint density at radius 3 is 3.21 bits per heavy atom. The van der Waals surface area contributed by atoms with Crippen molar-refractivity contribution in [3.05, 3.63) is 17.0 Å². The molecule has 14 heavy (non-hydrogen) atoms. The fraction of sp³-hybridized carbons (Fsp3) is 0.700. The van der Waals surface area contributed by atoms with Crippen LogP contribution < -0.4 is 5.73 Å². The number of hydrogen-bond donors (Lipinski definition) is 1. The van der Waals surface area contributed by atoms with Crippen molar-refractivity contribution in [2.24, 2.45) is 11.7 Å². The summed E-state index contributed by atoms with van der Waals surface area (Å²) in [4.78, 5) is 0. The second-order valence-corrected chi connectivity index (χ2v) is 3.81. The van der Waals surface area contributed by atoms with E-state index < -0.39 is 0 Å². The Hall–Kier alpha value is -0.870. The van der Waals surface area contributed by atoms with Gasteiger partial charge in [0.2, 0.25) is 0 Å². The van der Waals surface area contributed by atoms with Crippen LogP contribution in [-0.4, -0.2) is 18.8 Å². The molecule has 4 nitrogen and oxygen atoms in total. The summed E-state index contributed by atoms with van der Waals surface area (Å²) in [6, 6.07) is 0. The maximum atomic E-state index is 5.64. The lowest BCUT2D eigenvalue weighted by Crippen LogP contribution is -2.21. The maximum absolute atomic E-state index is 5.64. The van der Waals surface area contributed by atoms with Crippen LogP contribution >= 0.6 is 0 Å². The summed E-state index contributed by atoms with van der Waals surface area (Å²) in [7, 11) is 1.67. The molecule has 0 aromatic carbocycles. The molecule has 0 saturated carbocycles. The molecule has 1 aliphatic rings. The van der Waals surface area contributed by atoms with Crippen LogP contribution in [0.5, 0.6) is 0 Å². The molecule has 2 N–H and O–H groups in total. The monoisotopic (exact) mass is 196 g/mol. The number of fused-ring (bicyclic) bond motifs is 1. The van der Waals surface area contributed by atoms with Crippen molar-refractivity contribution in [2.45, 2.75) is 25.9 Å². The van der Waals surface area contributed by atoms with Gasteiger partial charge in [-0.05, 0) is 25.3 Å². The number of nitrogens with two attached hydrogens (primary N) is 1. The minimum absolute atomic E-state index is 0.548. The second-order valence-electron chi connectivity index (χ2n) is 3.81. The standard InChI is InChI=1S/C10H16N2O2/c1-13-6-9-8-3-2-7(5-11)4-10(8)14-12-9/h7H,2-6,11H2,1H3. The maximum Gasteiger partial charge on any atom is 0.140 e. The molecule has 1 unspecified atom stereocenters. The SMILES string of the molecule is COCc1noc2c1CCC(CN)C2. The number of aromatic nitrogens is 1. The van der Waals surface area contributed by atoms with Crippen LogP contribution in [0.4, 0.5) is 0 Å². The fourth-order valence-electron chi connectivity index (χ4n) is 1.99. The van der Waals surface area contributed by atoms with Gasteiger partial charge in [0.05, 0.1) is 6.61 Å². The minimum atomic E-state index is 0.548. The van der Waals surface area contributed by atoms with Gasteiger partial charge in [0.1, 0.15) is 11.5 Å². The van der Waals surface area contributed by atoms with Crippen LogP contribution in [0.15, 0.2) is 4.52 Å². The molecule has 0 saturated heterocycles. The first kappa shape index (κ1) is 9.68. The van der Waals surface area contributed by atoms with Gasteiger partial charge in [-0.15, -0.1) is 0 Å². The third-order valence-corrected chi connectivity index (χ3v) is 2.84.